The van der Waals surface area contributed by atoms with Crippen molar-refractivity contribution in [2.45, 2.75) is 120 Å². The number of nitrogens with zero attached hydrogens (tertiary/aromatic N) is 2. The molecule has 0 aromatic heterocycles. The number of para-hydroxylation sites is 2. The summed E-state index contributed by atoms with van der Waals surface area (Å²) in [5.41, 5.74) is 11.5. The lowest BCUT2D eigenvalue weighted by Crippen LogP contribution is -2.48. The number of hydrogen-bond acceptors (Lipinski definition) is 2. The zero-order valence-corrected chi connectivity index (χ0v) is 33.3. The van der Waals surface area contributed by atoms with Gasteiger partial charge in [0.25, 0.3) is 0 Å². The number of benzene rings is 5. The van der Waals surface area contributed by atoms with Crippen LogP contribution in [0.5, 0.6) is 0 Å². The molecule has 0 unspecified atom stereocenters. The van der Waals surface area contributed by atoms with E-state index in [0.717, 1.165) is 45.5 Å². The van der Waals surface area contributed by atoms with Gasteiger partial charge in [-0.25, -0.2) is 0 Å². The Morgan fingerprint density at radius 1 is 0.436 bits per heavy atom. The molecule has 0 spiro atoms. The Kier molecular flexibility index (Phi) is 9.75. The fourth-order valence-corrected chi connectivity index (χ4v) is 12.6. The van der Waals surface area contributed by atoms with Crippen molar-refractivity contribution in [1.82, 2.24) is 0 Å². The summed E-state index contributed by atoms with van der Waals surface area (Å²) in [6, 6.07) is 46.1. The molecule has 0 aliphatic heterocycles. The minimum Gasteiger partial charge on any atom is -0.309 e. The monoisotopic (exact) mass is 744 g/mol. The zero-order chi connectivity index (χ0) is 36.8. The van der Waals surface area contributed by atoms with Gasteiger partial charge in [-0.05, 0) is 177 Å². The van der Waals surface area contributed by atoms with E-state index in [-0.39, 0.29) is 5.41 Å². The summed E-state index contributed by atoms with van der Waals surface area (Å²) < 4.78 is 0. The first-order valence-electron chi connectivity index (χ1n) is 21.8. The van der Waals surface area contributed by atoms with E-state index in [9.17, 15) is 0 Å². The van der Waals surface area contributed by atoms with Crippen LogP contribution in [-0.2, 0) is 5.41 Å². The van der Waals surface area contributed by atoms with Crippen LogP contribution in [0.15, 0.2) is 121 Å². The van der Waals surface area contributed by atoms with Gasteiger partial charge in [0.2, 0.25) is 0 Å². The number of hydrogen-bond donors (Lipinski definition) is 0. The molecule has 55 heavy (non-hydrogen) atoms. The molecule has 0 heterocycles. The first-order valence-corrected chi connectivity index (χ1v) is 22.2. The summed E-state index contributed by atoms with van der Waals surface area (Å²) in [6.45, 7) is 0. The summed E-state index contributed by atoms with van der Waals surface area (Å²) in [5.74, 6) is 3.90. The van der Waals surface area contributed by atoms with E-state index < -0.39 is 0 Å². The van der Waals surface area contributed by atoms with Crippen molar-refractivity contribution in [3.63, 3.8) is 0 Å². The maximum Gasteiger partial charge on any atom is 0.0887 e. The smallest absolute Gasteiger partial charge is 0.0887 e. The Hall–Kier alpha value is -4.01. The first-order chi connectivity index (χ1) is 27.1. The normalized spacial score (nSPS) is 25.2. The Morgan fingerprint density at radius 2 is 0.800 bits per heavy atom. The number of halogens is 1. The fourth-order valence-electron chi connectivity index (χ4n) is 12.4. The highest BCUT2D eigenvalue weighted by molar-refractivity contribution is 6.36. The molecule has 0 amide bonds. The maximum atomic E-state index is 8.00. The maximum absolute atomic E-state index is 8.00. The van der Waals surface area contributed by atoms with Crippen LogP contribution in [0, 0.1) is 17.8 Å². The van der Waals surface area contributed by atoms with Gasteiger partial charge in [0.15, 0.2) is 0 Å². The van der Waals surface area contributed by atoms with Crippen LogP contribution in [0.25, 0.3) is 0 Å². The summed E-state index contributed by atoms with van der Waals surface area (Å²) in [7, 11) is 0. The molecule has 5 aromatic rings. The summed E-state index contributed by atoms with van der Waals surface area (Å²) in [4.78, 5) is 4.91. The summed E-state index contributed by atoms with van der Waals surface area (Å²) in [6.07, 6.45) is 21.6. The third-order valence-electron chi connectivity index (χ3n) is 14.7. The van der Waals surface area contributed by atoms with Gasteiger partial charge >= 0.3 is 0 Å². The fraction of sp³-hybridized carbons (Fsp3) is 0.423. The highest BCUT2D eigenvalue weighted by Gasteiger charge is 2.52. The number of rotatable bonds is 9. The van der Waals surface area contributed by atoms with Crippen molar-refractivity contribution < 1.29 is 0 Å². The molecular weight excluding hydrogens is 688 g/mol. The average Bonchev–Trinajstić information content (AvgIpc) is 3.23. The molecule has 6 saturated carbocycles. The van der Waals surface area contributed by atoms with Crippen LogP contribution < -0.4 is 9.80 Å². The predicted molar refractivity (Wildman–Crippen MR) is 232 cm³/mol. The lowest BCUT2D eigenvalue weighted by molar-refractivity contribution is -0.00515. The van der Waals surface area contributed by atoms with Crippen LogP contribution in [0.2, 0.25) is 5.02 Å². The van der Waals surface area contributed by atoms with Gasteiger partial charge in [0.05, 0.1) is 16.4 Å². The SMILES string of the molecule is Clc1c(N(c2ccccc2)c2ccc(C3CCCCC3)cc2)cc(C23CC4CC(CC(C4)C2)C3)cc1N(c1ccccc1)c1ccc(C2CCCCC2)cc1. The first kappa shape index (κ1) is 35.4. The third-order valence-corrected chi connectivity index (χ3v) is 15.0. The molecule has 0 atom stereocenters. The lowest BCUT2D eigenvalue weighted by Gasteiger charge is -2.57. The van der Waals surface area contributed by atoms with Gasteiger partial charge in [-0.3, -0.25) is 0 Å². The second kappa shape index (κ2) is 15.2. The van der Waals surface area contributed by atoms with Crippen LogP contribution in [-0.4, -0.2) is 0 Å². The van der Waals surface area contributed by atoms with Gasteiger partial charge < -0.3 is 9.80 Å². The number of anilines is 6. The van der Waals surface area contributed by atoms with Crippen molar-refractivity contribution in [2.24, 2.45) is 17.8 Å². The Bertz CT molecular complexity index is 1900. The standard InChI is InChI=1S/C52H57ClN2/c53-51-49(54(45-17-9-3-10-18-45)47-25-21-42(22-26-47)40-13-5-1-6-14-40)32-44(52-34-37-29-38(35-52)31-39(30-37)36-52)33-50(51)55(46-19-11-4-12-20-46)48-27-23-43(24-28-48)41-15-7-2-8-16-41/h3-4,9-12,17-28,32-33,37-41H,1-2,5-8,13-16,29-31,34-36H2. The third kappa shape index (κ3) is 6.92. The zero-order valence-electron chi connectivity index (χ0n) is 32.5. The topological polar surface area (TPSA) is 6.48 Å². The predicted octanol–water partition coefficient (Wildman–Crippen LogP) is 15.8. The molecule has 3 heteroatoms. The van der Waals surface area contributed by atoms with Gasteiger partial charge in [-0.15, -0.1) is 0 Å². The summed E-state index contributed by atoms with van der Waals surface area (Å²) in [5, 5.41) is 0.800. The molecule has 6 fully saturated rings. The van der Waals surface area contributed by atoms with Crippen molar-refractivity contribution in [3.05, 3.63) is 143 Å². The molecule has 6 aliphatic carbocycles. The Balaban J connectivity index is 1.15. The van der Waals surface area contributed by atoms with Crippen molar-refractivity contribution >= 4 is 45.7 Å². The Morgan fingerprint density at radius 3 is 1.18 bits per heavy atom. The molecule has 0 radical (unpaired) electrons. The van der Waals surface area contributed by atoms with E-state index in [1.807, 2.05) is 0 Å². The molecule has 6 aliphatic rings. The molecule has 0 saturated heterocycles. The van der Waals surface area contributed by atoms with Crippen LogP contribution in [0.3, 0.4) is 0 Å². The van der Waals surface area contributed by atoms with E-state index in [2.05, 4.69) is 131 Å². The van der Waals surface area contributed by atoms with Gasteiger partial charge in [-0.1, -0.05) is 111 Å². The molecule has 282 valence electrons. The van der Waals surface area contributed by atoms with Gasteiger partial charge in [0, 0.05) is 22.7 Å². The minimum absolute atomic E-state index is 0.198. The second-order valence-corrected chi connectivity index (χ2v) is 18.6. The average molecular weight is 745 g/mol. The molecule has 11 rings (SSSR count). The van der Waals surface area contributed by atoms with Crippen molar-refractivity contribution in [3.8, 4) is 0 Å². The molecule has 4 bridgehead atoms. The van der Waals surface area contributed by atoms with E-state index in [1.54, 1.807) is 0 Å². The van der Waals surface area contributed by atoms with Crippen LogP contribution >= 0.6 is 11.6 Å². The van der Waals surface area contributed by atoms with Crippen molar-refractivity contribution in [1.29, 1.82) is 0 Å². The molecule has 0 N–H and O–H groups in total. The van der Waals surface area contributed by atoms with E-state index >= 15 is 0 Å². The van der Waals surface area contributed by atoms with E-state index in [4.69, 9.17) is 11.6 Å². The van der Waals surface area contributed by atoms with Crippen LogP contribution in [0.4, 0.5) is 34.1 Å². The molecule has 5 aromatic carbocycles. The second-order valence-electron chi connectivity index (χ2n) is 18.2. The lowest BCUT2D eigenvalue weighted by atomic mass is 9.48. The quantitative estimate of drug-likeness (QED) is 0.148. The van der Waals surface area contributed by atoms with Gasteiger partial charge in [-0.2, -0.15) is 0 Å². The minimum atomic E-state index is 0.198. The highest BCUT2D eigenvalue weighted by Crippen LogP contribution is 2.62. The van der Waals surface area contributed by atoms with E-state index in [1.165, 1.54) is 131 Å². The largest absolute Gasteiger partial charge is 0.309 e. The van der Waals surface area contributed by atoms with Crippen molar-refractivity contribution in [2.75, 3.05) is 9.80 Å². The van der Waals surface area contributed by atoms with E-state index in [0.29, 0.717) is 11.8 Å². The van der Waals surface area contributed by atoms with Gasteiger partial charge in [0.1, 0.15) is 0 Å². The highest BCUT2D eigenvalue weighted by atomic mass is 35.5. The Labute approximate surface area is 334 Å². The summed E-state index contributed by atoms with van der Waals surface area (Å²) >= 11 is 8.00. The van der Waals surface area contributed by atoms with Crippen LogP contribution in [0.1, 0.15) is 131 Å². The molecule has 2 nitrogen and oxygen atoms in total. The molecular formula is C52H57ClN2.